The third kappa shape index (κ3) is 3.42. The van der Waals surface area contributed by atoms with Crippen molar-refractivity contribution < 1.29 is 14.5 Å². The Morgan fingerprint density at radius 1 is 1.38 bits per heavy atom. The normalized spacial score (nSPS) is 21.6. The standard InChI is InChI=1S/C14H19N3O4/c1-21-12-4-2-3-11(13(12)17(19)20)16-10-7-5-9(6-8-10)14(15)18/h2-4,9-10,16H,5-8H2,1H3,(H2,15,18). The van der Waals surface area contributed by atoms with Crippen molar-refractivity contribution in [2.75, 3.05) is 12.4 Å². The van der Waals surface area contributed by atoms with Gasteiger partial charge >= 0.3 is 5.69 Å². The summed E-state index contributed by atoms with van der Waals surface area (Å²) in [6.07, 6.45) is 2.96. The van der Waals surface area contributed by atoms with Crippen LogP contribution in [0.15, 0.2) is 18.2 Å². The molecule has 1 fully saturated rings. The number of primary amides is 1. The van der Waals surface area contributed by atoms with Crippen molar-refractivity contribution >= 4 is 17.3 Å². The molecular weight excluding hydrogens is 274 g/mol. The van der Waals surface area contributed by atoms with Crippen molar-refractivity contribution in [3.05, 3.63) is 28.3 Å². The van der Waals surface area contributed by atoms with E-state index in [1.165, 1.54) is 7.11 Å². The Kier molecular flexibility index (Phi) is 4.62. The van der Waals surface area contributed by atoms with Crippen molar-refractivity contribution in [1.29, 1.82) is 0 Å². The predicted octanol–water partition coefficient (Wildman–Crippen LogP) is 2.06. The molecule has 3 N–H and O–H groups in total. The molecule has 2 rings (SSSR count). The quantitative estimate of drug-likeness (QED) is 0.638. The predicted molar refractivity (Wildman–Crippen MR) is 78.2 cm³/mol. The van der Waals surface area contributed by atoms with Gasteiger partial charge in [-0.3, -0.25) is 14.9 Å². The topological polar surface area (TPSA) is 107 Å². The van der Waals surface area contributed by atoms with Gasteiger partial charge in [-0.25, -0.2) is 0 Å². The molecule has 1 aliphatic carbocycles. The van der Waals surface area contributed by atoms with E-state index in [-0.39, 0.29) is 29.3 Å². The maximum absolute atomic E-state index is 11.2. The maximum atomic E-state index is 11.2. The minimum Gasteiger partial charge on any atom is -0.490 e. The summed E-state index contributed by atoms with van der Waals surface area (Å²) in [5.74, 6) is -0.111. The Morgan fingerprint density at radius 2 is 2.05 bits per heavy atom. The van der Waals surface area contributed by atoms with Gasteiger partial charge in [0.1, 0.15) is 5.69 Å². The number of nitrogens with two attached hydrogens (primary N) is 1. The molecule has 0 heterocycles. The number of anilines is 1. The number of nitro groups is 1. The van der Waals surface area contributed by atoms with Gasteiger partial charge in [0.05, 0.1) is 12.0 Å². The number of hydrogen-bond acceptors (Lipinski definition) is 5. The van der Waals surface area contributed by atoms with E-state index in [1.807, 2.05) is 0 Å². The Morgan fingerprint density at radius 3 is 2.57 bits per heavy atom. The van der Waals surface area contributed by atoms with Gasteiger partial charge in [0.15, 0.2) is 5.75 Å². The number of nitrogens with zero attached hydrogens (tertiary/aromatic N) is 1. The number of methoxy groups -OCH3 is 1. The molecule has 1 amide bonds. The number of rotatable bonds is 5. The third-order valence-corrected chi connectivity index (χ3v) is 3.89. The molecule has 1 aliphatic rings. The lowest BCUT2D eigenvalue weighted by Gasteiger charge is -2.28. The Bertz CT molecular complexity index is 539. The van der Waals surface area contributed by atoms with Crippen LogP contribution in [0, 0.1) is 16.0 Å². The van der Waals surface area contributed by atoms with E-state index in [1.54, 1.807) is 18.2 Å². The van der Waals surface area contributed by atoms with Crippen LogP contribution in [-0.2, 0) is 4.79 Å². The van der Waals surface area contributed by atoms with Crippen molar-refractivity contribution in [2.24, 2.45) is 11.7 Å². The van der Waals surface area contributed by atoms with Crippen LogP contribution in [0.2, 0.25) is 0 Å². The second-order valence-electron chi connectivity index (χ2n) is 5.21. The number of amides is 1. The molecule has 0 aromatic heterocycles. The molecular formula is C14H19N3O4. The zero-order valence-corrected chi connectivity index (χ0v) is 11.9. The molecule has 1 aromatic carbocycles. The minimum absolute atomic E-state index is 0.0583. The first kappa shape index (κ1) is 15.1. The van der Waals surface area contributed by atoms with Crippen molar-refractivity contribution in [3.8, 4) is 5.75 Å². The summed E-state index contributed by atoms with van der Waals surface area (Å²) >= 11 is 0. The van der Waals surface area contributed by atoms with Gasteiger partial charge in [-0.2, -0.15) is 0 Å². The van der Waals surface area contributed by atoms with E-state index in [4.69, 9.17) is 10.5 Å². The first-order valence-corrected chi connectivity index (χ1v) is 6.90. The van der Waals surface area contributed by atoms with Gasteiger partial charge in [0.2, 0.25) is 5.91 Å². The summed E-state index contributed by atoms with van der Waals surface area (Å²) in [7, 11) is 1.41. The third-order valence-electron chi connectivity index (χ3n) is 3.89. The average molecular weight is 293 g/mol. The molecule has 0 unspecified atom stereocenters. The van der Waals surface area contributed by atoms with E-state index in [9.17, 15) is 14.9 Å². The van der Waals surface area contributed by atoms with Gasteiger partial charge in [-0.15, -0.1) is 0 Å². The summed E-state index contributed by atoms with van der Waals surface area (Å²) in [4.78, 5) is 21.9. The highest BCUT2D eigenvalue weighted by Gasteiger charge is 2.27. The fourth-order valence-corrected chi connectivity index (χ4v) is 2.73. The minimum atomic E-state index is -0.448. The number of hydrogen-bond donors (Lipinski definition) is 2. The molecule has 0 radical (unpaired) electrons. The fraction of sp³-hybridized carbons (Fsp3) is 0.500. The number of para-hydroxylation sites is 1. The summed E-state index contributed by atoms with van der Waals surface area (Å²) < 4.78 is 5.04. The van der Waals surface area contributed by atoms with Gasteiger partial charge in [-0.1, -0.05) is 6.07 Å². The van der Waals surface area contributed by atoms with Crippen LogP contribution in [-0.4, -0.2) is 24.0 Å². The van der Waals surface area contributed by atoms with Crippen LogP contribution in [0.1, 0.15) is 25.7 Å². The molecule has 1 saturated carbocycles. The van der Waals surface area contributed by atoms with E-state index in [0.717, 1.165) is 12.8 Å². The van der Waals surface area contributed by atoms with E-state index in [2.05, 4.69) is 5.32 Å². The molecule has 0 saturated heterocycles. The number of nitro benzene ring substituents is 1. The summed E-state index contributed by atoms with van der Waals surface area (Å²) in [5, 5.41) is 14.4. The summed E-state index contributed by atoms with van der Waals surface area (Å²) in [6, 6.07) is 5.04. The lowest BCUT2D eigenvalue weighted by Crippen LogP contribution is -2.32. The van der Waals surface area contributed by atoms with Gasteiger partial charge < -0.3 is 15.8 Å². The smallest absolute Gasteiger partial charge is 0.333 e. The van der Waals surface area contributed by atoms with Crippen molar-refractivity contribution in [2.45, 2.75) is 31.7 Å². The lowest BCUT2D eigenvalue weighted by atomic mass is 9.85. The van der Waals surface area contributed by atoms with E-state index < -0.39 is 4.92 Å². The van der Waals surface area contributed by atoms with E-state index in [0.29, 0.717) is 18.5 Å². The van der Waals surface area contributed by atoms with Crippen molar-refractivity contribution in [1.82, 2.24) is 0 Å². The van der Waals surface area contributed by atoms with Crippen LogP contribution in [0.25, 0.3) is 0 Å². The summed E-state index contributed by atoms with van der Waals surface area (Å²) in [6.45, 7) is 0. The second-order valence-corrected chi connectivity index (χ2v) is 5.21. The molecule has 21 heavy (non-hydrogen) atoms. The highest BCUT2D eigenvalue weighted by molar-refractivity contribution is 5.76. The number of carbonyl (C=O) groups excluding carboxylic acids is 1. The molecule has 0 bridgehead atoms. The SMILES string of the molecule is COc1cccc(NC2CCC(C(N)=O)CC2)c1[N+](=O)[O-]. The summed E-state index contributed by atoms with van der Waals surface area (Å²) in [5.41, 5.74) is 5.69. The molecule has 7 heteroatoms. The second kappa shape index (κ2) is 6.43. The zero-order valence-electron chi connectivity index (χ0n) is 11.9. The van der Waals surface area contributed by atoms with E-state index >= 15 is 0 Å². The Labute approximate surface area is 122 Å². The van der Waals surface area contributed by atoms with Gasteiger partial charge in [0, 0.05) is 12.0 Å². The first-order chi connectivity index (χ1) is 10.0. The number of carbonyl (C=O) groups is 1. The number of benzene rings is 1. The largest absolute Gasteiger partial charge is 0.490 e. The van der Waals surface area contributed by atoms with Crippen LogP contribution < -0.4 is 15.8 Å². The maximum Gasteiger partial charge on any atom is 0.333 e. The molecule has 0 aliphatic heterocycles. The Balaban J connectivity index is 2.10. The lowest BCUT2D eigenvalue weighted by molar-refractivity contribution is -0.384. The monoisotopic (exact) mass is 293 g/mol. The highest BCUT2D eigenvalue weighted by Crippen LogP contribution is 2.36. The van der Waals surface area contributed by atoms with Crippen LogP contribution in [0.3, 0.4) is 0 Å². The van der Waals surface area contributed by atoms with Crippen LogP contribution >= 0.6 is 0 Å². The number of ether oxygens (including phenoxy) is 1. The molecule has 114 valence electrons. The van der Waals surface area contributed by atoms with Crippen LogP contribution in [0.4, 0.5) is 11.4 Å². The highest BCUT2D eigenvalue weighted by atomic mass is 16.6. The number of nitrogens with one attached hydrogen (secondary N) is 1. The molecule has 1 aromatic rings. The van der Waals surface area contributed by atoms with Gasteiger partial charge in [0.25, 0.3) is 0 Å². The average Bonchev–Trinajstić information content (AvgIpc) is 2.47. The first-order valence-electron chi connectivity index (χ1n) is 6.90. The Hall–Kier alpha value is -2.31. The van der Waals surface area contributed by atoms with Crippen LogP contribution in [0.5, 0.6) is 5.75 Å². The molecule has 0 spiro atoms. The fourth-order valence-electron chi connectivity index (χ4n) is 2.73. The molecule has 7 nitrogen and oxygen atoms in total. The van der Waals surface area contributed by atoms with Gasteiger partial charge in [-0.05, 0) is 37.8 Å². The zero-order chi connectivity index (χ0) is 15.4. The van der Waals surface area contributed by atoms with Crippen molar-refractivity contribution in [3.63, 3.8) is 0 Å². The molecule has 0 atom stereocenters.